The Bertz CT molecular complexity index is 28.7. The SMILES string of the molecule is CCC[Si](C)F. The molecule has 0 aliphatic heterocycles. The van der Waals surface area contributed by atoms with Crippen molar-refractivity contribution >= 4 is 9.13 Å². The van der Waals surface area contributed by atoms with Gasteiger partial charge in [0.05, 0.1) is 0 Å². The maximum atomic E-state index is 11.8. The van der Waals surface area contributed by atoms with Gasteiger partial charge in [-0.3, -0.25) is 0 Å². The molecule has 0 heterocycles. The third kappa shape index (κ3) is 4.15. The van der Waals surface area contributed by atoms with Crippen molar-refractivity contribution in [2.45, 2.75) is 25.9 Å². The van der Waals surface area contributed by atoms with Gasteiger partial charge in [-0.25, -0.2) is 0 Å². The van der Waals surface area contributed by atoms with Gasteiger partial charge >= 0.3 is 0 Å². The standard InChI is InChI=1S/C4H10FSi/c1-3-4-6(2)5/h3-4H2,1-2H3. The Labute approximate surface area is 40.2 Å². The smallest absolute Gasteiger partial charge is 0.267 e. The third-order valence-corrected chi connectivity index (χ3v) is 1.78. The molecule has 0 aromatic carbocycles. The Morgan fingerprint density at radius 2 is 2.17 bits per heavy atom. The molecular formula is C4H10FSi. The van der Waals surface area contributed by atoms with Gasteiger partial charge in [-0.1, -0.05) is 13.3 Å². The number of rotatable bonds is 2. The first-order valence-electron chi connectivity index (χ1n) is 2.25. The highest BCUT2D eigenvalue weighted by Gasteiger charge is 1.96. The summed E-state index contributed by atoms with van der Waals surface area (Å²) in [5.74, 6) is 0. The quantitative estimate of drug-likeness (QED) is 0.372. The van der Waals surface area contributed by atoms with Crippen LogP contribution in [-0.4, -0.2) is 9.13 Å². The lowest BCUT2D eigenvalue weighted by Crippen LogP contribution is -1.93. The maximum absolute atomic E-state index is 11.8. The predicted molar refractivity (Wildman–Crippen MR) is 27.8 cm³/mol. The van der Waals surface area contributed by atoms with E-state index in [1.54, 1.807) is 6.55 Å². The minimum absolute atomic E-state index is 0.810. The van der Waals surface area contributed by atoms with Crippen molar-refractivity contribution in [1.82, 2.24) is 0 Å². The molecule has 0 amide bonds. The maximum Gasteiger partial charge on any atom is 0.267 e. The second-order valence-corrected chi connectivity index (χ2v) is 3.28. The Morgan fingerprint density at radius 3 is 2.17 bits per heavy atom. The molecule has 0 bridgehead atoms. The molecule has 0 spiro atoms. The van der Waals surface area contributed by atoms with E-state index in [2.05, 4.69) is 0 Å². The minimum Gasteiger partial charge on any atom is -0.315 e. The summed E-state index contributed by atoms with van der Waals surface area (Å²) in [7, 11) is -1.39. The minimum atomic E-state index is -1.39. The molecule has 0 aromatic heterocycles. The average molecular weight is 105 g/mol. The number of hydrogen-bond acceptors (Lipinski definition) is 0. The highest BCUT2D eigenvalue weighted by Crippen LogP contribution is 1.94. The first-order valence-corrected chi connectivity index (χ1v) is 4.33. The molecule has 0 N–H and O–H groups in total. The van der Waals surface area contributed by atoms with Gasteiger partial charge in [-0.2, -0.15) is 0 Å². The lowest BCUT2D eigenvalue weighted by Gasteiger charge is -1.87. The number of halogens is 1. The summed E-state index contributed by atoms with van der Waals surface area (Å²) in [5, 5.41) is 0. The molecule has 0 atom stereocenters. The van der Waals surface area contributed by atoms with E-state index in [1.807, 2.05) is 6.92 Å². The fourth-order valence-corrected chi connectivity index (χ4v) is 1.03. The van der Waals surface area contributed by atoms with Crippen LogP contribution in [0.15, 0.2) is 0 Å². The molecule has 0 nitrogen and oxygen atoms in total. The molecule has 37 valence electrons. The van der Waals surface area contributed by atoms with Crippen LogP contribution in [0, 0.1) is 0 Å². The Balaban J connectivity index is 2.63. The first kappa shape index (κ1) is 6.15. The predicted octanol–water partition coefficient (Wildman–Crippen LogP) is 1.99. The molecule has 6 heavy (non-hydrogen) atoms. The van der Waals surface area contributed by atoms with Gasteiger partial charge in [0.25, 0.3) is 9.13 Å². The molecule has 0 aromatic rings. The van der Waals surface area contributed by atoms with Crippen LogP contribution in [0.3, 0.4) is 0 Å². The van der Waals surface area contributed by atoms with Crippen LogP contribution in [0.5, 0.6) is 0 Å². The highest BCUT2D eigenvalue weighted by atomic mass is 28.3. The van der Waals surface area contributed by atoms with Crippen molar-refractivity contribution in [3.63, 3.8) is 0 Å². The van der Waals surface area contributed by atoms with Gasteiger partial charge in [0.2, 0.25) is 0 Å². The van der Waals surface area contributed by atoms with Crippen LogP contribution in [0.1, 0.15) is 13.3 Å². The van der Waals surface area contributed by atoms with Crippen LogP contribution in [0.25, 0.3) is 0 Å². The highest BCUT2D eigenvalue weighted by molar-refractivity contribution is 6.49. The zero-order chi connectivity index (χ0) is 4.99. The van der Waals surface area contributed by atoms with Crippen LogP contribution in [0.2, 0.25) is 12.6 Å². The second-order valence-electron chi connectivity index (χ2n) is 1.43. The summed E-state index contributed by atoms with van der Waals surface area (Å²) in [6, 6.07) is 0.810. The van der Waals surface area contributed by atoms with E-state index < -0.39 is 9.13 Å². The Morgan fingerprint density at radius 1 is 1.67 bits per heavy atom. The van der Waals surface area contributed by atoms with Crippen molar-refractivity contribution in [2.75, 3.05) is 0 Å². The van der Waals surface area contributed by atoms with Crippen molar-refractivity contribution in [3.05, 3.63) is 0 Å². The van der Waals surface area contributed by atoms with E-state index in [-0.39, 0.29) is 0 Å². The van der Waals surface area contributed by atoms with Gasteiger partial charge in [0.15, 0.2) is 0 Å². The monoisotopic (exact) mass is 105 g/mol. The molecule has 0 saturated heterocycles. The fraction of sp³-hybridized carbons (Fsp3) is 1.00. The van der Waals surface area contributed by atoms with E-state index in [0.29, 0.717) is 0 Å². The lowest BCUT2D eigenvalue weighted by molar-refractivity contribution is 0.813. The first-order chi connectivity index (χ1) is 2.77. The average Bonchev–Trinajstić information content (AvgIpc) is 1.35. The van der Waals surface area contributed by atoms with Gasteiger partial charge in [0.1, 0.15) is 0 Å². The molecule has 0 aliphatic carbocycles. The molecule has 0 fully saturated rings. The van der Waals surface area contributed by atoms with Gasteiger partial charge in [-0.15, -0.1) is 0 Å². The zero-order valence-corrected chi connectivity index (χ0v) is 5.29. The van der Waals surface area contributed by atoms with Crippen LogP contribution in [-0.2, 0) is 0 Å². The normalized spacial score (nSPS) is 10.0. The molecule has 0 rings (SSSR count). The van der Waals surface area contributed by atoms with Crippen LogP contribution < -0.4 is 0 Å². The van der Waals surface area contributed by atoms with Crippen molar-refractivity contribution < 1.29 is 4.11 Å². The van der Waals surface area contributed by atoms with Crippen molar-refractivity contribution in [3.8, 4) is 0 Å². The molecule has 2 heteroatoms. The molecular weight excluding hydrogens is 95.1 g/mol. The van der Waals surface area contributed by atoms with Crippen LogP contribution in [0.4, 0.5) is 4.11 Å². The van der Waals surface area contributed by atoms with Crippen molar-refractivity contribution in [2.24, 2.45) is 0 Å². The summed E-state index contributed by atoms with van der Waals surface area (Å²) in [4.78, 5) is 0. The summed E-state index contributed by atoms with van der Waals surface area (Å²) in [5.41, 5.74) is 0. The number of hydrogen-bond donors (Lipinski definition) is 0. The molecule has 0 saturated carbocycles. The Kier molecular flexibility index (Phi) is 3.42. The van der Waals surface area contributed by atoms with Gasteiger partial charge < -0.3 is 4.11 Å². The third-order valence-electron chi connectivity index (χ3n) is 0.594. The lowest BCUT2D eigenvalue weighted by atomic mass is 10.6. The van der Waals surface area contributed by atoms with E-state index in [4.69, 9.17) is 0 Å². The molecule has 1 radical (unpaired) electrons. The van der Waals surface area contributed by atoms with Crippen molar-refractivity contribution in [1.29, 1.82) is 0 Å². The summed E-state index contributed by atoms with van der Waals surface area (Å²) >= 11 is 0. The zero-order valence-electron chi connectivity index (χ0n) is 4.29. The van der Waals surface area contributed by atoms with Gasteiger partial charge in [0, 0.05) is 0 Å². The molecule has 0 aliphatic rings. The van der Waals surface area contributed by atoms with Gasteiger partial charge in [-0.05, 0) is 12.6 Å². The second kappa shape index (κ2) is 3.34. The fourth-order valence-electron chi connectivity index (χ4n) is 0.344. The Hall–Kier alpha value is 0.147. The summed E-state index contributed by atoms with van der Waals surface area (Å²) in [6.45, 7) is 3.70. The topological polar surface area (TPSA) is 0 Å². The van der Waals surface area contributed by atoms with E-state index in [0.717, 1.165) is 12.5 Å². The van der Waals surface area contributed by atoms with E-state index >= 15 is 0 Å². The van der Waals surface area contributed by atoms with E-state index in [9.17, 15) is 4.11 Å². The largest absolute Gasteiger partial charge is 0.315 e. The summed E-state index contributed by atoms with van der Waals surface area (Å²) < 4.78 is 11.8. The summed E-state index contributed by atoms with van der Waals surface area (Å²) in [6.07, 6.45) is 1.00. The van der Waals surface area contributed by atoms with E-state index in [1.165, 1.54) is 0 Å². The van der Waals surface area contributed by atoms with Crippen LogP contribution >= 0.6 is 0 Å². The molecule has 0 unspecified atom stereocenters.